The molecule has 2 aromatic rings. The number of benzene rings is 1. The van der Waals surface area contributed by atoms with E-state index in [0.29, 0.717) is 28.9 Å². The van der Waals surface area contributed by atoms with E-state index in [1.54, 1.807) is 14.0 Å². The van der Waals surface area contributed by atoms with Gasteiger partial charge in [-0.05, 0) is 73.9 Å². The number of methoxy groups -OCH3 is 1. The third-order valence-corrected chi connectivity index (χ3v) is 6.17. The molecular weight excluding hydrogens is 366 g/mol. The highest BCUT2D eigenvalue weighted by Gasteiger charge is 2.33. The van der Waals surface area contributed by atoms with Crippen LogP contribution in [-0.2, 0) is 6.54 Å². The second kappa shape index (κ2) is 8.46. The minimum absolute atomic E-state index is 0.0755. The maximum atomic E-state index is 12.1. The van der Waals surface area contributed by atoms with Crippen LogP contribution in [0.3, 0.4) is 0 Å². The lowest BCUT2D eigenvalue weighted by molar-refractivity contribution is 0.140. The summed E-state index contributed by atoms with van der Waals surface area (Å²) in [6, 6.07) is 10.0. The van der Waals surface area contributed by atoms with Crippen molar-refractivity contribution in [1.29, 1.82) is 0 Å². The number of rotatable bonds is 6. The molecule has 29 heavy (non-hydrogen) atoms. The maximum Gasteiger partial charge on any atom is 0.346 e. The molecule has 1 aromatic heterocycles. The molecule has 3 atom stereocenters. The lowest BCUT2D eigenvalue weighted by atomic mass is 9.76. The molecule has 5 heteroatoms. The van der Waals surface area contributed by atoms with Gasteiger partial charge >= 0.3 is 5.63 Å². The predicted molar refractivity (Wildman–Crippen MR) is 113 cm³/mol. The summed E-state index contributed by atoms with van der Waals surface area (Å²) in [6.07, 6.45) is 5.17. The molecule has 0 bridgehead atoms. The van der Waals surface area contributed by atoms with E-state index in [1.165, 1.54) is 11.1 Å². The van der Waals surface area contributed by atoms with E-state index >= 15 is 0 Å². The minimum Gasteiger partial charge on any atom is -0.497 e. The number of ether oxygens (including phenoxy) is 2. The highest BCUT2D eigenvalue weighted by Crippen LogP contribution is 2.40. The zero-order valence-electron chi connectivity index (χ0n) is 17.4. The summed E-state index contributed by atoms with van der Waals surface area (Å²) in [7, 11) is 1.68. The van der Waals surface area contributed by atoms with E-state index in [1.807, 2.05) is 24.3 Å². The van der Waals surface area contributed by atoms with Gasteiger partial charge in [0.15, 0.2) is 0 Å². The first-order valence-electron chi connectivity index (χ1n) is 10.4. The van der Waals surface area contributed by atoms with Gasteiger partial charge in [-0.15, -0.1) is 0 Å². The van der Waals surface area contributed by atoms with E-state index in [0.717, 1.165) is 38.1 Å². The van der Waals surface area contributed by atoms with E-state index in [9.17, 15) is 4.79 Å². The average Bonchev–Trinajstić information content (AvgIpc) is 2.72. The summed E-state index contributed by atoms with van der Waals surface area (Å²) < 4.78 is 16.6. The van der Waals surface area contributed by atoms with Gasteiger partial charge in [0, 0.05) is 12.6 Å². The fourth-order valence-corrected chi connectivity index (χ4v) is 4.38. The van der Waals surface area contributed by atoms with Crippen molar-refractivity contribution in [3.63, 3.8) is 0 Å². The topological polar surface area (TPSA) is 60.7 Å². The van der Waals surface area contributed by atoms with Crippen LogP contribution in [0.15, 0.2) is 45.1 Å². The van der Waals surface area contributed by atoms with E-state index in [4.69, 9.17) is 13.9 Å². The first-order chi connectivity index (χ1) is 14.0. The molecule has 1 saturated carbocycles. The molecule has 0 amide bonds. The maximum absolute atomic E-state index is 12.1. The third-order valence-electron chi connectivity index (χ3n) is 6.17. The van der Waals surface area contributed by atoms with Crippen LogP contribution in [0, 0.1) is 18.8 Å². The van der Waals surface area contributed by atoms with Crippen molar-refractivity contribution in [3.8, 4) is 11.5 Å². The molecule has 0 radical (unpaired) electrons. The molecule has 0 spiro atoms. The van der Waals surface area contributed by atoms with Gasteiger partial charge in [-0.25, -0.2) is 4.79 Å². The molecule has 0 saturated heterocycles. The largest absolute Gasteiger partial charge is 0.497 e. The first kappa shape index (κ1) is 19.8. The molecular formula is C24H29NO4. The number of fused-ring (bicyclic) bond motifs is 2. The van der Waals surface area contributed by atoms with Crippen molar-refractivity contribution in [1.82, 2.24) is 5.32 Å². The Morgan fingerprint density at radius 2 is 2.07 bits per heavy atom. The Morgan fingerprint density at radius 3 is 2.83 bits per heavy atom. The van der Waals surface area contributed by atoms with Crippen molar-refractivity contribution in [3.05, 3.63) is 63.2 Å². The number of hydrogen-bond donors (Lipinski definition) is 1. The van der Waals surface area contributed by atoms with Crippen LogP contribution in [0.4, 0.5) is 0 Å². The van der Waals surface area contributed by atoms with Crippen molar-refractivity contribution >= 4 is 6.08 Å². The number of aryl methyl sites for hydroxylation is 1. The molecule has 1 unspecified atom stereocenters. The molecule has 1 N–H and O–H groups in total. The predicted octanol–water partition coefficient (Wildman–Crippen LogP) is 4.33. The Bertz CT molecular complexity index is 944. The zero-order chi connectivity index (χ0) is 20.4. The van der Waals surface area contributed by atoms with E-state index in [2.05, 4.69) is 24.4 Å². The fraction of sp³-hybridized carbons (Fsp3) is 0.458. The van der Waals surface area contributed by atoms with Crippen molar-refractivity contribution in [2.24, 2.45) is 11.8 Å². The molecule has 2 heterocycles. The summed E-state index contributed by atoms with van der Waals surface area (Å²) in [5.41, 5.74) is 2.75. The van der Waals surface area contributed by atoms with E-state index < -0.39 is 0 Å². The lowest BCUT2D eigenvalue weighted by Crippen LogP contribution is -2.36. The van der Waals surface area contributed by atoms with Gasteiger partial charge < -0.3 is 19.2 Å². The molecule has 4 rings (SSSR count). The molecule has 2 aliphatic rings. The third kappa shape index (κ3) is 4.40. The van der Waals surface area contributed by atoms with Crippen molar-refractivity contribution in [2.75, 3.05) is 13.7 Å². The smallest absolute Gasteiger partial charge is 0.346 e. The monoisotopic (exact) mass is 395 g/mol. The Kier molecular flexibility index (Phi) is 5.76. The quantitative estimate of drug-likeness (QED) is 0.789. The normalized spacial score (nSPS) is 21.4. The second-order valence-corrected chi connectivity index (χ2v) is 8.24. The van der Waals surface area contributed by atoms with Gasteiger partial charge in [-0.3, -0.25) is 0 Å². The number of hydrogen-bond acceptors (Lipinski definition) is 5. The van der Waals surface area contributed by atoms with Crippen LogP contribution in [0.2, 0.25) is 0 Å². The zero-order valence-corrected chi connectivity index (χ0v) is 17.4. The van der Waals surface area contributed by atoms with Crippen LogP contribution in [0.5, 0.6) is 11.5 Å². The molecule has 1 aromatic carbocycles. The fourth-order valence-electron chi connectivity index (χ4n) is 4.38. The Hall–Kier alpha value is -2.53. The van der Waals surface area contributed by atoms with Gasteiger partial charge in [0.1, 0.15) is 28.9 Å². The molecule has 1 fully saturated rings. The average molecular weight is 395 g/mol. The van der Waals surface area contributed by atoms with Gasteiger partial charge in [0.25, 0.3) is 0 Å². The van der Waals surface area contributed by atoms with Crippen LogP contribution in [0.25, 0.3) is 6.08 Å². The Morgan fingerprint density at radius 1 is 1.28 bits per heavy atom. The van der Waals surface area contributed by atoms with E-state index in [-0.39, 0.29) is 11.7 Å². The SMILES string of the molecule is COc1ccc(CNCC(C)[C@H]2CCC3=Cc4c(cc(C)oc4=O)O[C@H]3C2)cc1. The minimum atomic E-state index is -0.302. The molecule has 1 aliphatic carbocycles. The summed E-state index contributed by atoms with van der Waals surface area (Å²) >= 11 is 0. The molecule has 5 nitrogen and oxygen atoms in total. The Labute approximate surface area is 171 Å². The summed E-state index contributed by atoms with van der Waals surface area (Å²) in [5.74, 6) is 3.30. The highest BCUT2D eigenvalue weighted by molar-refractivity contribution is 5.62. The molecule has 154 valence electrons. The van der Waals surface area contributed by atoms with Gasteiger partial charge in [-0.2, -0.15) is 0 Å². The first-order valence-corrected chi connectivity index (χ1v) is 10.4. The van der Waals surface area contributed by atoms with Crippen LogP contribution in [0.1, 0.15) is 43.1 Å². The molecule has 1 aliphatic heterocycles. The van der Waals surface area contributed by atoms with Crippen LogP contribution >= 0.6 is 0 Å². The lowest BCUT2D eigenvalue weighted by Gasteiger charge is -2.37. The van der Waals surface area contributed by atoms with Gasteiger partial charge in [0.05, 0.1) is 7.11 Å². The van der Waals surface area contributed by atoms with Gasteiger partial charge in [-0.1, -0.05) is 19.1 Å². The van der Waals surface area contributed by atoms with Gasteiger partial charge in [0.2, 0.25) is 0 Å². The Balaban J connectivity index is 1.33. The van der Waals surface area contributed by atoms with Crippen molar-refractivity contribution < 1.29 is 13.9 Å². The standard InChI is InChI=1S/C24H29NO4/c1-15(13-25-14-17-4-8-20(27-3)9-5-17)18-6-7-19-11-21-23(29-22(19)12-18)10-16(2)28-24(21)26/h4-5,8-11,15,18,22,25H,6-7,12-14H2,1-3H3/t15?,18-,22-/m0/s1. The van der Waals surface area contributed by atoms with Crippen LogP contribution in [-0.4, -0.2) is 19.8 Å². The highest BCUT2D eigenvalue weighted by atomic mass is 16.5. The van der Waals surface area contributed by atoms with Crippen molar-refractivity contribution in [2.45, 2.75) is 45.8 Å². The van der Waals surface area contributed by atoms with Crippen LogP contribution < -0.4 is 20.4 Å². The summed E-state index contributed by atoms with van der Waals surface area (Å²) in [5, 5.41) is 3.59. The summed E-state index contributed by atoms with van der Waals surface area (Å²) in [4.78, 5) is 12.1. The summed E-state index contributed by atoms with van der Waals surface area (Å²) in [6.45, 7) is 5.93. The number of nitrogens with one attached hydrogen (secondary N) is 1. The second-order valence-electron chi connectivity index (χ2n) is 8.24.